The largest absolute Gasteiger partial charge is 0.339 e. The summed E-state index contributed by atoms with van der Waals surface area (Å²) < 4.78 is 1.84. The van der Waals surface area contributed by atoms with Gasteiger partial charge in [-0.3, -0.25) is 4.98 Å². The van der Waals surface area contributed by atoms with E-state index in [0.717, 1.165) is 28.2 Å². The van der Waals surface area contributed by atoms with Crippen molar-refractivity contribution in [1.29, 1.82) is 5.26 Å². The van der Waals surface area contributed by atoms with Crippen LogP contribution in [0, 0.1) is 18.3 Å². The third-order valence-corrected chi connectivity index (χ3v) is 3.89. The second-order valence-electron chi connectivity index (χ2n) is 5.59. The van der Waals surface area contributed by atoms with Gasteiger partial charge in [-0.25, -0.2) is 9.50 Å². The van der Waals surface area contributed by atoms with Gasteiger partial charge in [-0.2, -0.15) is 10.4 Å². The van der Waals surface area contributed by atoms with E-state index < -0.39 is 0 Å². The van der Waals surface area contributed by atoms with Crippen LogP contribution in [0.15, 0.2) is 61.1 Å². The van der Waals surface area contributed by atoms with E-state index in [2.05, 4.69) is 26.5 Å². The number of nitrogens with zero attached hydrogens (tertiary/aromatic N) is 5. The summed E-state index contributed by atoms with van der Waals surface area (Å²) >= 11 is 0. The molecule has 4 rings (SSSR count). The van der Waals surface area contributed by atoms with E-state index in [4.69, 9.17) is 5.26 Å². The number of pyridine rings is 1. The van der Waals surface area contributed by atoms with Crippen molar-refractivity contribution < 1.29 is 0 Å². The SMILES string of the molecule is Cc1nn2ccccc2c1-c1cncc(Nc2ccc(C#N)cc2)n1. The minimum absolute atomic E-state index is 0.618. The standard InChI is InChI=1S/C19H14N6/c1-13-19(17-4-2-3-9-25(17)24-13)16-11-21-12-18(23-16)22-15-7-5-14(10-20)6-8-15/h2-9,11-12H,1H3,(H,22,23). The van der Waals surface area contributed by atoms with E-state index >= 15 is 0 Å². The van der Waals surface area contributed by atoms with Crippen molar-refractivity contribution in [3.63, 3.8) is 0 Å². The summed E-state index contributed by atoms with van der Waals surface area (Å²) in [6, 6.07) is 15.2. The van der Waals surface area contributed by atoms with Crippen LogP contribution in [0.2, 0.25) is 0 Å². The summed E-state index contributed by atoms with van der Waals surface area (Å²) in [5.41, 5.74) is 5.09. The molecule has 0 aliphatic rings. The Balaban J connectivity index is 1.71. The van der Waals surface area contributed by atoms with Crippen molar-refractivity contribution in [3.8, 4) is 17.3 Å². The first-order valence-corrected chi connectivity index (χ1v) is 7.78. The fourth-order valence-corrected chi connectivity index (χ4v) is 2.76. The number of nitriles is 1. The molecule has 4 aromatic rings. The third kappa shape index (κ3) is 2.79. The fourth-order valence-electron chi connectivity index (χ4n) is 2.76. The average molecular weight is 326 g/mol. The van der Waals surface area contributed by atoms with Crippen molar-refractivity contribution in [2.45, 2.75) is 6.92 Å². The molecule has 120 valence electrons. The Morgan fingerprint density at radius 3 is 2.72 bits per heavy atom. The molecular weight excluding hydrogens is 312 g/mol. The van der Waals surface area contributed by atoms with E-state index in [-0.39, 0.29) is 0 Å². The Hall–Kier alpha value is -3.72. The summed E-state index contributed by atoms with van der Waals surface area (Å²) in [5.74, 6) is 0.636. The van der Waals surface area contributed by atoms with Crippen LogP contribution in [-0.4, -0.2) is 19.6 Å². The molecule has 0 saturated heterocycles. The molecule has 3 heterocycles. The first kappa shape index (κ1) is 14.8. The second kappa shape index (κ2) is 6.06. The summed E-state index contributed by atoms with van der Waals surface area (Å²) in [7, 11) is 0. The van der Waals surface area contributed by atoms with Crippen molar-refractivity contribution >= 4 is 17.0 Å². The molecule has 0 saturated carbocycles. The molecule has 0 unspecified atom stereocenters. The van der Waals surface area contributed by atoms with Gasteiger partial charge < -0.3 is 5.32 Å². The predicted octanol–water partition coefficient (Wildman–Crippen LogP) is 3.72. The highest BCUT2D eigenvalue weighted by Crippen LogP contribution is 2.27. The molecule has 0 bridgehead atoms. The van der Waals surface area contributed by atoms with Crippen LogP contribution in [0.1, 0.15) is 11.3 Å². The van der Waals surface area contributed by atoms with E-state index in [1.165, 1.54) is 0 Å². The van der Waals surface area contributed by atoms with E-state index in [0.29, 0.717) is 11.4 Å². The minimum atomic E-state index is 0.618. The molecular formula is C19H14N6. The highest BCUT2D eigenvalue weighted by molar-refractivity contribution is 5.80. The van der Waals surface area contributed by atoms with Gasteiger partial charge in [-0.05, 0) is 43.3 Å². The van der Waals surface area contributed by atoms with Gasteiger partial charge in [0.05, 0.1) is 46.5 Å². The summed E-state index contributed by atoms with van der Waals surface area (Å²) in [4.78, 5) is 8.98. The van der Waals surface area contributed by atoms with Gasteiger partial charge in [-0.1, -0.05) is 6.07 Å². The van der Waals surface area contributed by atoms with Crippen molar-refractivity contribution in [1.82, 2.24) is 19.6 Å². The molecule has 6 heteroatoms. The zero-order valence-electron chi connectivity index (χ0n) is 13.5. The smallest absolute Gasteiger partial charge is 0.149 e. The summed E-state index contributed by atoms with van der Waals surface area (Å²) in [6.07, 6.45) is 5.32. The number of fused-ring (bicyclic) bond motifs is 1. The summed E-state index contributed by atoms with van der Waals surface area (Å²) in [5, 5.41) is 16.6. The number of benzene rings is 1. The number of nitrogens with one attached hydrogen (secondary N) is 1. The Kier molecular flexibility index (Phi) is 3.60. The van der Waals surface area contributed by atoms with Crippen LogP contribution < -0.4 is 5.32 Å². The zero-order chi connectivity index (χ0) is 17.2. The number of anilines is 2. The van der Waals surface area contributed by atoms with Crippen LogP contribution >= 0.6 is 0 Å². The van der Waals surface area contributed by atoms with Gasteiger partial charge >= 0.3 is 0 Å². The van der Waals surface area contributed by atoms with Gasteiger partial charge in [-0.15, -0.1) is 0 Å². The van der Waals surface area contributed by atoms with Gasteiger partial charge in [0.25, 0.3) is 0 Å². The average Bonchev–Trinajstić information content (AvgIpc) is 2.98. The molecule has 0 radical (unpaired) electrons. The third-order valence-electron chi connectivity index (χ3n) is 3.89. The molecule has 0 aliphatic carbocycles. The lowest BCUT2D eigenvalue weighted by molar-refractivity contribution is 0.934. The minimum Gasteiger partial charge on any atom is -0.339 e. The lowest BCUT2D eigenvalue weighted by Gasteiger charge is -2.07. The molecule has 6 nitrogen and oxygen atoms in total. The number of aryl methyl sites for hydroxylation is 1. The molecule has 1 N–H and O–H groups in total. The second-order valence-corrected chi connectivity index (χ2v) is 5.59. The van der Waals surface area contributed by atoms with Crippen LogP contribution in [0.25, 0.3) is 16.8 Å². The predicted molar refractivity (Wildman–Crippen MR) is 95.4 cm³/mol. The Morgan fingerprint density at radius 2 is 1.92 bits per heavy atom. The highest BCUT2D eigenvalue weighted by Gasteiger charge is 2.13. The Morgan fingerprint density at radius 1 is 1.08 bits per heavy atom. The molecule has 25 heavy (non-hydrogen) atoms. The van der Waals surface area contributed by atoms with Gasteiger partial charge in [0.15, 0.2) is 0 Å². The van der Waals surface area contributed by atoms with Gasteiger partial charge in [0, 0.05) is 11.9 Å². The number of aromatic nitrogens is 4. The quantitative estimate of drug-likeness (QED) is 0.621. The lowest BCUT2D eigenvalue weighted by Crippen LogP contribution is -1.96. The molecule has 0 amide bonds. The van der Waals surface area contributed by atoms with Crippen LogP contribution in [0.3, 0.4) is 0 Å². The van der Waals surface area contributed by atoms with E-state index in [1.807, 2.05) is 48.0 Å². The van der Waals surface area contributed by atoms with Crippen molar-refractivity contribution in [3.05, 3.63) is 72.3 Å². The zero-order valence-corrected chi connectivity index (χ0v) is 13.5. The first-order valence-electron chi connectivity index (χ1n) is 7.78. The number of rotatable bonds is 3. The maximum atomic E-state index is 8.87. The molecule has 0 spiro atoms. The van der Waals surface area contributed by atoms with Crippen LogP contribution in [-0.2, 0) is 0 Å². The number of hydrogen-bond acceptors (Lipinski definition) is 5. The van der Waals surface area contributed by atoms with Gasteiger partial charge in [0.2, 0.25) is 0 Å². The van der Waals surface area contributed by atoms with Crippen LogP contribution in [0.5, 0.6) is 0 Å². The normalized spacial score (nSPS) is 10.6. The molecule has 0 aliphatic heterocycles. The van der Waals surface area contributed by atoms with Crippen molar-refractivity contribution in [2.75, 3.05) is 5.32 Å². The highest BCUT2D eigenvalue weighted by atomic mass is 15.2. The van der Waals surface area contributed by atoms with E-state index in [1.54, 1.807) is 24.5 Å². The summed E-state index contributed by atoms with van der Waals surface area (Å²) in [6.45, 7) is 1.96. The van der Waals surface area contributed by atoms with E-state index in [9.17, 15) is 0 Å². The topological polar surface area (TPSA) is 78.9 Å². The fraction of sp³-hybridized carbons (Fsp3) is 0.0526. The van der Waals surface area contributed by atoms with Gasteiger partial charge in [0.1, 0.15) is 5.82 Å². The molecule has 3 aromatic heterocycles. The molecule has 1 aromatic carbocycles. The Labute approximate surface area is 144 Å². The maximum Gasteiger partial charge on any atom is 0.149 e. The maximum absolute atomic E-state index is 8.87. The lowest BCUT2D eigenvalue weighted by atomic mass is 10.1. The van der Waals surface area contributed by atoms with Crippen LogP contribution in [0.4, 0.5) is 11.5 Å². The molecule has 0 atom stereocenters. The first-order chi connectivity index (χ1) is 12.2. The number of hydrogen-bond donors (Lipinski definition) is 1. The van der Waals surface area contributed by atoms with Crippen molar-refractivity contribution in [2.24, 2.45) is 0 Å². The monoisotopic (exact) mass is 326 g/mol. The Bertz CT molecular complexity index is 1090. The molecule has 0 fully saturated rings.